The molecule has 0 aromatic carbocycles. The lowest BCUT2D eigenvalue weighted by Crippen LogP contribution is -2.38. The minimum absolute atomic E-state index is 0.0371. The van der Waals surface area contributed by atoms with Gasteiger partial charge in [0.05, 0.1) is 0 Å². The molecule has 0 saturated heterocycles. The van der Waals surface area contributed by atoms with Gasteiger partial charge < -0.3 is 14.6 Å². The molecule has 0 saturated carbocycles. The molecule has 0 atom stereocenters. The van der Waals surface area contributed by atoms with Gasteiger partial charge in [0.25, 0.3) is 5.91 Å². The first kappa shape index (κ1) is 17.8. The molecule has 0 radical (unpaired) electrons. The predicted molar refractivity (Wildman–Crippen MR) is 85.5 cm³/mol. The van der Waals surface area contributed by atoms with Gasteiger partial charge >= 0.3 is 5.97 Å². The van der Waals surface area contributed by atoms with Crippen molar-refractivity contribution < 1.29 is 14.7 Å². The third-order valence-electron chi connectivity index (χ3n) is 3.22. The second kappa shape index (κ2) is 8.22. The third-order valence-corrected chi connectivity index (χ3v) is 3.65. The van der Waals surface area contributed by atoms with Crippen molar-refractivity contribution in [3.63, 3.8) is 0 Å². The molecule has 1 aromatic heterocycles. The molecule has 0 fully saturated rings. The average molecular weight is 359 g/mol. The van der Waals surface area contributed by atoms with Crippen LogP contribution in [0.15, 0.2) is 16.7 Å². The lowest BCUT2D eigenvalue weighted by molar-refractivity contribution is -0.137. The Labute approximate surface area is 134 Å². The number of carboxylic acids is 1. The number of aromatic nitrogens is 1. The molecule has 0 aliphatic heterocycles. The number of carbonyl (C=O) groups excluding carboxylic acids is 1. The van der Waals surface area contributed by atoms with Crippen LogP contribution in [0.5, 0.6) is 0 Å². The standard InChI is InChI=1S/C15H23BrN2O3/c1-4-7-17-10-12(16)9-13(17)15(21)18(11(2)3)8-5-6-14(19)20/h9-11H,4-8H2,1-3H3,(H,19,20). The molecule has 1 N–H and O–H groups in total. The van der Waals surface area contributed by atoms with E-state index in [1.807, 2.05) is 30.7 Å². The van der Waals surface area contributed by atoms with Crippen LogP contribution in [-0.4, -0.2) is 39.0 Å². The fourth-order valence-electron chi connectivity index (χ4n) is 2.22. The fourth-order valence-corrected chi connectivity index (χ4v) is 2.69. The largest absolute Gasteiger partial charge is 0.481 e. The van der Waals surface area contributed by atoms with Crippen LogP contribution < -0.4 is 0 Å². The van der Waals surface area contributed by atoms with Crippen LogP contribution >= 0.6 is 15.9 Å². The Morgan fingerprint density at radius 1 is 1.43 bits per heavy atom. The Bertz CT molecular complexity index is 497. The van der Waals surface area contributed by atoms with Gasteiger partial charge in [0.1, 0.15) is 5.69 Å². The maximum atomic E-state index is 12.7. The lowest BCUT2D eigenvalue weighted by Gasteiger charge is -2.27. The van der Waals surface area contributed by atoms with Crippen molar-refractivity contribution in [3.8, 4) is 0 Å². The number of rotatable bonds is 8. The lowest BCUT2D eigenvalue weighted by atomic mass is 10.2. The molecule has 1 rings (SSSR count). The predicted octanol–water partition coefficient (Wildman–Crippen LogP) is 3.38. The average Bonchev–Trinajstić information content (AvgIpc) is 2.74. The van der Waals surface area contributed by atoms with Crippen molar-refractivity contribution in [1.82, 2.24) is 9.47 Å². The van der Waals surface area contributed by atoms with E-state index in [1.165, 1.54) is 0 Å². The van der Waals surface area contributed by atoms with E-state index in [9.17, 15) is 9.59 Å². The van der Waals surface area contributed by atoms with Crippen LogP contribution in [0.2, 0.25) is 0 Å². The van der Waals surface area contributed by atoms with Crippen LogP contribution in [0.25, 0.3) is 0 Å². The highest BCUT2D eigenvalue weighted by Crippen LogP contribution is 2.18. The Morgan fingerprint density at radius 3 is 2.62 bits per heavy atom. The van der Waals surface area contributed by atoms with Crippen LogP contribution in [0.4, 0.5) is 0 Å². The zero-order valence-corrected chi connectivity index (χ0v) is 14.4. The molecule has 0 aliphatic rings. The van der Waals surface area contributed by atoms with Crippen LogP contribution in [0.3, 0.4) is 0 Å². The summed E-state index contributed by atoms with van der Waals surface area (Å²) in [6.07, 6.45) is 3.40. The van der Waals surface area contributed by atoms with Crippen molar-refractivity contribution >= 4 is 27.8 Å². The zero-order valence-electron chi connectivity index (χ0n) is 12.8. The number of aryl methyl sites for hydroxylation is 1. The van der Waals surface area contributed by atoms with Gasteiger partial charge in [-0.3, -0.25) is 9.59 Å². The number of carbonyl (C=O) groups is 2. The molecule has 6 heteroatoms. The van der Waals surface area contributed by atoms with Crippen molar-refractivity contribution in [2.24, 2.45) is 0 Å². The Balaban J connectivity index is 2.87. The molecule has 0 spiro atoms. The number of amides is 1. The summed E-state index contributed by atoms with van der Waals surface area (Å²) in [5.74, 6) is -0.877. The Hall–Kier alpha value is -1.30. The van der Waals surface area contributed by atoms with Gasteiger partial charge in [0.2, 0.25) is 0 Å². The number of carboxylic acid groups (broad SMARTS) is 1. The summed E-state index contributed by atoms with van der Waals surface area (Å²) in [4.78, 5) is 25.1. The van der Waals surface area contributed by atoms with Gasteiger partial charge in [-0.25, -0.2) is 0 Å². The van der Waals surface area contributed by atoms with Gasteiger partial charge in [0.15, 0.2) is 0 Å². The van der Waals surface area contributed by atoms with Crippen LogP contribution in [0.1, 0.15) is 50.5 Å². The molecular weight excluding hydrogens is 336 g/mol. The second-order valence-electron chi connectivity index (χ2n) is 5.33. The SMILES string of the molecule is CCCn1cc(Br)cc1C(=O)N(CCCC(=O)O)C(C)C. The molecule has 118 valence electrons. The van der Waals surface area contributed by atoms with Crippen molar-refractivity contribution in [2.45, 2.75) is 52.6 Å². The Kier molecular flexibility index (Phi) is 6.95. The minimum atomic E-state index is -0.830. The van der Waals surface area contributed by atoms with E-state index in [4.69, 9.17) is 5.11 Å². The molecule has 1 amide bonds. The monoisotopic (exact) mass is 358 g/mol. The second-order valence-corrected chi connectivity index (χ2v) is 6.24. The first-order chi connectivity index (χ1) is 9.86. The highest BCUT2D eigenvalue weighted by atomic mass is 79.9. The van der Waals surface area contributed by atoms with Crippen LogP contribution in [-0.2, 0) is 11.3 Å². The van der Waals surface area contributed by atoms with Crippen LogP contribution in [0, 0.1) is 0 Å². The minimum Gasteiger partial charge on any atom is -0.481 e. The Morgan fingerprint density at radius 2 is 2.10 bits per heavy atom. The summed E-state index contributed by atoms with van der Waals surface area (Å²) in [7, 11) is 0. The number of aliphatic carboxylic acids is 1. The molecule has 5 nitrogen and oxygen atoms in total. The summed E-state index contributed by atoms with van der Waals surface area (Å²) >= 11 is 3.41. The van der Waals surface area contributed by atoms with Gasteiger partial charge in [-0.05, 0) is 48.7 Å². The van der Waals surface area contributed by atoms with Gasteiger partial charge in [0, 0.05) is 36.2 Å². The normalized spacial score (nSPS) is 10.9. The quantitative estimate of drug-likeness (QED) is 0.774. The summed E-state index contributed by atoms with van der Waals surface area (Å²) in [6, 6.07) is 1.86. The number of nitrogens with zero attached hydrogens (tertiary/aromatic N) is 2. The van der Waals surface area contributed by atoms with Gasteiger partial charge in [-0.2, -0.15) is 0 Å². The van der Waals surface area contributed by atoms with E-state index < -0.39 is 5.97 Å². The van der Waals surface area contributed by atoms with E-state index in [2.05, 4.69) is 22.9 Å². The molecule has 0 unspecified atom stereocenters. The van der Waals surface area contributed by atoms with E-state index in [0.717, 1.165) is 17.4 Å². The summed E-state index contributed by atoms with van der Waals surface area (Å²) < 4.78 is 2.83. The number of hydrogen-bond donors (Lipinski definition) is 1. The molecular formula is C15H23BrN2O3. The first-order valence-electron chi connectivity index (χ1n) is 7.25. The van der Waals surface area contributed by atoms with E-state index in [-0.39, 0.29) is 18.4 Å². The van der Waals surface area contributed by atoms with Crippen molar-refractivity contribution in [2.75, 3.05) is 6.54 Å². The van der Waals surface area contributed by atoms with Crippen molar-refractivity contribution in [1.29, 1.82) is 0 Å². The molecule has 1 heterocycles. The third kappa shape index (κ3) is 5.19. The summed E-state index contributed by atoms with van der Waals surface area (Å²) in [6.45, 7) is 7.20. The van der Waals surface area contributed by atoms with E-state index in [0.29, 0.717) is 18.7 Å². The first-order valence-corrected chi connectivity index (χ1v) is 8.04. The zero-order chi connectivity index (χ0) is 16.0. The maximum Gasteiger partial charge on any atom is 0.303 e. The molecule has 0 aliphatic carbocycles. The highest BCUT2D eigenvalue weighted by molar-refractivity contribution is 9.10. The maximum absolute atomic E-state index is 12.7. The molecule has 21 heavy (non-hydrogen) atoms. The van der Waals surface area contributed by atoms with E-state index >= 15 is 0 Å². The fraction of sp³-hybridized carbons (Fsp3) is 0.600. The van der Waals surface area contributed by atoms with Gasteiger partial charge in [-0.1, -0.05) is 6.92 Å². The summed E-state index contributed by atoms with van der Waals surface area (Å²) in [5.41, 5.74) is 0.646. The molecule has 0 bridgehead atoms. The van der Waals surface area contributed by atoms with Crippen molar-refractivity contribution in [3.05, 3.63) is 22.4 Å². The van der Waals surface area contributed by atoms with E-state index in [1.54, 1.807) is 4.90 Å². The van der Waals surface area contributed by atoms with Gasteiger partial charge in [-0.15, -0.1) is 0 Å². The topological polar surface area (TPSA) is 62.5 Å². The number of hydrogen-bond acceptors (Lipinski definition) is 2. The highest BCUT2D eigenvalue weighted by Gasteiger charge is 2.22. The molecule has 1 aromatic rings. The number of halogens is 1. The smallest absolute Gasteiger partial charge is 0.303 e. The summed E-state index contributed by atoms with van der Waals surface area (Å²) in [5, 5.41) is 8.72.